The molecule has 0 unspecified atom stereocenters. The summed E-state index contributed by atoms with van der Waals surface area (Å²) >= 11 is 1.20. The summed E-state index contributed by atoms with van der Waals surface area (Å²) in [6.07, 6.45) is -8.06. The SMILES string of the molecule is Cc1ccsc1C=C(C(=O)Nc1cccc(C(F)(F)F)c1)C(=O)Nc1cccc(C(F)(F)F)c1. The van der Waals surface area contributed by atoms with Crippen molar-refractivity contribution in [3.8, 4) is 0 Å². The van der Waals surface area contributed by atoms with E-state index in [0.29, 0.717) is 17.0 Å². The highest BCUT2D eigenvalue weighted by Gasteiger charge is 2.32. The van der Waals surface area contributed by atoms with Crippen molar-refractivity contribution in [3.05, 3.63) is 87.1 Å². The van der Waals surface area contributed by atoms with Crippen LogP contribution in [-0.4, -0.2) is 11.8 Å². The van der Waals surface area contributed by atoms with Crippen LogP contribution in [0.25, 0.3) is 6.08 Å². The van der Waals surface area contributed by atoms with Crippen molar-refractivity contribution in [1.29, 1.82) is 0 Å². The molecule has 1 heterocycles. The Morgan fingerprint density at radius 1 is 0.794 bits per heavy atom. The maximum absolute atomic E-state index is 13.0. The Balaban J connectivity index is 1.92. The predicted molar refractivity (Wildman–Crippen MR) is 117 cm³/mol. The van der Waals surface area contributed by atoms with Crippen LogP contribution in [0.4, 0.5) is 37.7 Å². The van der Waals surface area contributed by atoms with Crippen LogP contribution in [0.3, 0.4) is 0 Å². The van der Waals surface area contributed by atoms with Crippen molar-refractivity contribution in [3.63, 3.8) is 0 Å². The van der Waals surface area contributed by atoms with Crippen LogP contribution >= 0.6 is 11.3 Å². The molecule has 11 heteroatoms. The first-order valence-electron chi connectivity index (χ1n) is 9.57. The number of carbonyl (C=O) groups excluding carboxylic acids is 2. The third-order valence-corrected chi connectivity index (χ3v) is 5.53. The van der Waals surface area contributed by atoms with Gasteiger partial charge in [0.1, 0.15) is 5.57 Å². The normalized spacial score (nSPS) is 11.6. The fourth-order valence-electron chi connectivity index (χ4n) is 2.84. The largest absolute Gasteiger partial charge is 0.416 e. The molecule has 3 aromatic rings. The molecule has 34 heavy (non-hydrogen) atoms. The second-order valence-electron chi connectivity index (χ2n) is 7.09. The van der Waals surface area contributed by atoms with E-state index in [1.807, 2.05) is 0 Å². The summed E-state index contributed by atoms with van der Waals surface area (Å²) in [4.78, 5) is 26.3. The molecule has 1 aromatic heterocycles. The minimum Gasteiger partial charge on any atom is -0.322 e. The number of nitrogens with one attached hydrogen (secondary N) is 2. The van der Waals surface area contributed by atoms with Crippen LogP contribution in [0, 0.1) is 6.92 Å². The van der Waals surface area contributed by atoms with E-state index in [1.54, 1.807) is 18.4 Å². The van der Waals surface area contributed by atoms with E-state index in [4.69, 9.17) is 0 Å². The molecule has 2 N–H and O–H groups in total. The lowest BCUT2D eigenvalue weighted by Gasteiger charge is -2.13. The van der Waals surface area contributed by atoms with Gasteiger partial charge in [-0.05, 0) is 66.4 Å². The summed E-state index contributed by atoms with van der Waals surface area (Å²) in [5.74, 6) is -2.06. The third-order valence-electron chi connectivity index (χ3n) is 4.56. The minimum absolute atomic E-state index is 0.208. The number of halogens is 6. The topological polar surface area (TPSA) is 58.2 Å². The molecule has 0 fully saturated rings. The van der Waals surface area contributed by atoms with Crippen LogP contribution in [-0.2, 0) is 21.9 Å². The van der Waals surface area contributed by atoms with Gasteiger partial charge in [-0.25, -0.2) is 0 Å². The van der Waals surface area contributed by atoms with Gasteiger partial charge in [0, 0.05) is 16.3 Å². The van der Waals surface area contributed by atoms with Gasteiger partial charge in [-0.1, -0.05) is 12.1 Å². The number of carbonyl (C=O) groups is 2. The summed E-state index contributed by atoms with van der Waals surface area (Å²) < 4.78 is 77.9. The zero-order chi connectivity index (χ0) is 25.1. The van der Waals surface area contributed by atoms with Crippen molar-refractivity contribution in [2.24, 2.45) is 0 Å². The second kappa shape index (κ2) is 9.72. The van der Waals surface area contributed by atoms with Gasteiger partial charge in [0.05, 0.1) is 11.1 Å². The molecule has 3 rings (SSSR count). The molecule has 0 aliphatic heterocycles. The van der Waals surface area contributed by atoms with Crippen molar-refractivity contribution >= 4 is 40.6 Å². The number of amides is 2. The van der Waals surface area contributed by atoms with E-state index >= 15 is 0 Å². The fraction of sp³-hybridized carbons (Fsp3) is 0.130. The molecule has 0 bridgehead atoms. The van der Waals surface area contributed by atoms with E-state index < -0.39 is 40.9 Å². The summed E-state index contributed by atoms with van der Waals surface area (Å²) in [6.45, 7) is 1.72. The van der Waals surface area contributed by atoms with Crippen LogP contribution in [0.5, 0.6) is 0 Å². The van der Waals surface area contributed by atoms with E-state index in [1.165, 1.54) is 29.5 Å². The molecular formula is C23H16F6N2O2S. The lowest BCUT2D eigenvalue weighted by molar-refractivity contribution is -0.138. The number of anilines is 2. The maximum Gasteiger partial charge on any atom is 0.416 e. The summed E-state index contributed by atoms with van der Waals surface area (Å²) in [6, 6.07) is 9.39. The zero-order valence-electron chi connectivity index (χ0n) is 17.3. The monoisotopic (exact) mass is 498 g/mol. The van der Waals surface area contributed by atoms with E-state index in [-0.39, 0.29) is 11.4 Å². The second-order valence-corrected chi connectivity index (χ2v) is 8.04. The first-order valence-corrected chi connectivity index (χ1v) is 10.5. The van der Waals surface area contributed by atoms with Crippen molar-refractivity contribution in [1.82, 2.24) is 0 Å². The average Bonchev–Trinajstić information content (AvgIpc) is 3.15. The Bertz CT molecular complexity index is 1170. The average molecular weight is 498 g/mol. The quantitative estimate of drug-likeness (QED) is 0.177. The summed E-state index contributed by atoms with van der Waals surface area (Å²) in [5, 5.41) is 6.19. The number of hydrogen-bond donors (Lipinski definition) is 2. The van der Waals surface area contributed by atoms with Gasteiger partial charge in [-0.3, -0.25) is 9.59 Å². The molecule has 0 atom stereocenters. The predicted octanol–water partition coefficient (Wildman–Crippen LogP) is 6.75. The van der Waals surface area contributed by atoms with Gasteiger partial charge < -0.3 is 10.6 Å². The fourth-order valence-corrected chi connectivity index (χ4v) is 3.70. The van der Waals surface area contributed by atoms with Gasteiger partial charge in [0.25, 0.3) is 11.8 Å². The Labute approximate surface area is 193 Å². The number of thiophene rings is 1. The first kappa shape index (κ1) is 25.0. The van der Waals surface area contributed by atoms with Gasteiger partial charge >= 0.3 is 12.4 Å². The molecule has 4 nitrogen and oxygen atoms in total. The molecule has 0 aliphatic carbocycles. The number of benzene rings is 2. The van der Waals surface area contributed by atoms with E-state index in [2.05, 4.69) is 10.6 Å². The molecule has 178 valence electrons. The smallest absolute Gasteiger partial charge is 0.322 e. The Morgan fingerprint density at radius 3 is 1.65 bits per heavy atom. The molecule has 0 saturated carbocycles. The molecular weight excluding hydrogens is 482 g/mol. The molecule has 0 aliphatic rings. The lowest BCUT2D eigenvalue weighted by atomic mass is 10.1. The van der Waals surface area contributed by atoms with E-state index in [9.17, 15) is 35.9 Å². The standard InChI is InChI=1S/C23H16F6N2O2S/c1-13-8-9-34-19(13)12-18(20(32)30-16-6-2-4-14(10-16)22(24,25)26)21(33)31-17-7-3-5-15(11-17)23(27,28)29/h2-12H,1H3,(H,30,32)(H,31,33). The van der Waals surface area contributed by atoms with Gasteiger partial charge in [-0.15, -0.1) is 11.3 Å². The first-order chi connectivity index (χ1) is 15.8. The summed E-state index contributed by atoms with van der Waals surface area (Å²) in [7, 11) is 0. The molecule has 0 radical (unpaired) electrons. The highest BCUT2D eigenvalue weighted by Crippen LogP contribution is 2.32. The molecule has 2 aromatic carbocycles. The zero-order valence-corrected chi connectivity index (χ0v) is 18.2. The van der Waals surface area contributed by atoms with Crippen molar-refractivity contribution in [2.45, 2.75) is 19.3 Å². The van der Waals surface area contributed by atoms with Crippen LogP contribution in [0.1, 0.15) is 21.6 Å². The third kappa shape index (κ3) is 6.25. The highest BCUT2D eigenvalue weighted by molar-refractivity contribution is 7.11. The van der Waals surface area contributed by atoms with Gasteiger partial charge in [0.2, 0.25) is 0 Å². The number of alkyl halides is 6. The maximum atomic E-state index is 13.0. The van der Waals surface area contributed by atoms with Crippen LogP contribution in [0.15, 0.2) is 65.6 Å². The van der Waals surface area contributed by atoms with Gasteiger partial charge in [-0.2, -0.15) is 26.3 Å². The number of rotatable bonds is 5. The lowest BCUT2D eigenvalue weighted by Crippen LogP contribution is -2.25. The number of hydrogen-bond acceptors (Lipinski definition) is 3. The Hall–Kier alpha value is -3.60. The number of aryl methyl sites for hydroxylation is 1. The molecule has 2 amide bonds. The van der Waals surface area contributed by atoms with Crippen molar-refractivity contribution < 1.29 is 35.9 Å². The highest BCUT2D eigenvalue weighted by atomic mass is 32.1. The van der Waals surface area contributed by atoms with Gasteiger partial charge in [0.15, 0.2) is 0 Å². The Morgan fingerprint density at radius 2 is 1.26 bits per heavy atom. The van der Waals surface area contributed by atoms with Crippen LogP contribution < -0.4 is 10.6 Å². The molecule has 0 spiro atoms. The van der Waals surface area contributed by atoms with Crippen molar-refractivity contribution in [2.75, 3.05) is 10.6 Å². The minimum atomic E-state index is -4.64. The summed E-state index contributed by atoms with van der Waals surface area (Å²) in [5.41, 5.74) is -2.20. The molecule has 0 saturated heterocycles. The van der Waals surface area contributed by atoms with E-state index in [0.717, 1.165) is 29.8 Å². The Kier molecular flexibility index (Phi) is 7.15. The van der Waals surface area contributed by atoms with Crippen LogP contribution in [0.2, 0.25) is 0 Å².